The molecule has 0 atom stereocenters. The zero-order chi connectivity index (χ0) is 19.9. The van der Waals surface area contributed by atoms with Gasteiger partial charge in [0.15, 0.2) is 11.5 Å². The number of carbonyl (C=O) groups is 1. The van der Waals surface area contributed by atoms with E-state index in [0.29, 0.717) is 36.8 Å². The van der Waals surface area contributed by atoms with Gasteiger partial charge >= 0.3 is 0 Å². The Bertz CT molecular complexity index is 784. The molecule has 1 fully saturated rings. The molecule has 6 nitrogen and oxygen atoms in total. The van der Waals surface area contributed by atoms with E-state index in [4.69, 9.17) is 14.2 Å². The lowest BCUT2D eigenvalue weighted by Gasteiger charge is -2.35. The number of hydrogen-bond donors (Lipinski definition) is 0. The zero-order valence-corrected chi connectivity index (χ0v) is 16.8. The van der Waals surface area contributed by atoms with Crippen LogP contribution in [-0.2, 0) is 6.54 Å². The Labute approximate surface area is 166 Å². The number of hydrogen-bond acceptors (Lipinski definition) is 5. The number of nitrogens with zero attached hydrogens (tertiary/aromatic N) is 2. The van der Waals surface area contributed by atoms with Gasteiger partial charge in [0.1, 0.15) is 5.75 Å². The quantitative estimate of drug-likeness (QED) is 0.734. The number of carbonyl (C=O) groups excluding carboxylic acids is 1. The van der Waals surface area contributed by atoms with Crippen molar-refractivity contribution in [2.45, 2.75) is 13.5 Å². The van der Waals surface area contributed by atoms with Gasteiger partial charge in [-0.2, -0.15) is 0 Å². The summed E-state index contributed by atoms with van der Waals surface area (Å²) in [6, 6.07) is 13.5. The van der Waals surface area contributed by atoms with Crippen LogP contribution in [0.5, 0.6) is 17.2 Å². The van der Waals surface area contributed by atoms with Crippen molar-refractivity contribution in [1.29, 1.82) is 0 Å². The average molecular weight is 384 g/mol. The number of piperazine rings is 1. The van der Waals surface area contributed by atoms with Gasteiger partial charge in [0.25, 0.3) is 5.91 Å². The molecule has 150 valence electrons. The molecule has 1 saturated heterocycles. The van der Waals surface area contributed by atoms with Crippen molar-refractivity contribution in [3.05, 3.63) is 53.6 Å². The first kappa shape index (κ1) is 20.0. The first-order chi connectivity index (χ1) is 13.6. The first-order valence-electron chi connectivity index (χ1n) is 9.60. The summed E-state index contributed by atoms with van der Waals surface area (Å²) in [5, 5.41) is 0. The fourth-order valence-corrected chi connectivity index (χ4v) is 3.38. The van der Waals surface area contributed by atoms with E-state index in [1.807, 2.05) is 24.0 Å². The summed E-state index contributed by atoms with van der Waals surface area (Å²) in [4.78, 5) is 17.1. The number of rotatable bonds is 7. The predicted molar refractivity (Wildman–Crippen MR) is 108 cm³/mol. The first-order valence-corrected chi connectivity index (χ1v) is 9.60. The maximum absolute atomic E-state index is 12.8. The van der Waals surface area contributed by atoms with Crippen LogP contribution in [0, 0.1) is 0 Å². The van der Waals surface area contributed by atoms with E-state index in [1.54, 1.807) is 32.4 Å². The van der Waals surface area contributed by atoms with Gasteiger partial charge in [0.05, 0.1) is 20.8 Å². The Morgan fingerprint density at radius 2 is 1.61 bits per heavy atom. The molecule has 1 amide bonds. The molecular formula is C22H28N2O4. The molecule has 0 aliphatic carbocycles. The Kier molecular flexibility index (Phi) is 6.76. The predicted octanol–water partition coefficient (Wildman–Crippen LogP) is 3.06. The van der Waals surface area contributed by atoms with Crippen molar-refractivity contribution in [2.24, 2.45) is 0 Å². The van der Waals surface area contributed by atoms with Gasteiger partial charge in [-0.3, -0.25) is 9.69 Å². The molecule has 0 bridgehead atoms. The minimum atomic E-state index is 0.0293. The van der Waals surface area contributed by atoms with Crippen LogP contribution in [0.1, 0.15) is 22.8 Å². The van der Waals surface area contributed by atoms with Gasteiger partial charge in [0.2, 0.25) is 0 Å². The fourth-order valence-electron chi connectivity index (χ4n) is 3.38. The minimum Gasteiger partial charge on any atom is -0.494 e. The van der Waals surface area contributed by atoms with E-state index in [-0.39, 0.29) is 5.91 Å². The van der Waals surface area contributed by atoms with Crippen LogP contribution in [0.25, 0.3) is 0 Å². The summed E-state index contributed by atoms with van der Waals surface area (Å²) in [6.45, 7) is 6.67. The molecule has 0 spiro atoms. The van der Waals surface area contributed by atoms with E-state index >= 15 is 0 Å². The highest BCUT2D eigenvalue weighted by Crippen LogP contribution is 2.28. The number of methoxy groups -OCH3 is 2. The second-order valence-corrected chi connectivity index (χ2v) is 6.72. The van der Waals surface area contributed by atoms with Gasteiger partial charge in [0, 0.05) is 38.3 Å². The molecule has 6 heteroatoms. The van der Waals surface area contributed by atoms with Crippen molar-refractivity contribution in [3.63, 3.8) is 0 Å². The third kappa shape index (κ3) is 4.75. The third-order valence-electron chi connectivity index (χ3n) is 4.93. The van der Waals surface area contributed by atoms with Crippen LogP contribution in [0.4, 0.5) is 0 Å². The highest BCUT2D eigenvalue weighted by Gasteiger charge is 2.23. The normalized spacial score (nSPS) is 14.6. The summed E-state index contributed by atoms with van der Waals surface area (Å²) in [5.74, 6) is 2.12. The van der Waals surface area contributed by atoms with Gasteiger partial charge in [-0.1, -0.05) is 12.1 Å². The third-order valence-corrected chi connectivity index (χ3v) is 4.93. The topological polar surface area (TPSA) is 51.2 Å². The molecule has 1 aliphatic heterocycles. The molecule has 0 saturated carbocycles. The largest absolute Gasteiger partial charge is 0.494 e. The Morgan fingerprint density at radius 3 is 2.21 bits per heavy atom. The Hall–Kier alpha value is -2.73. The van der Waals surface area contributed by atoms with Crippen LogP contribution < -0.4 is 14.2 Å². The summed E-state index contributed by atoms with van der Waals surface area (Å²) < 4.78 is 16.0. The van der Waals surface area contributed by atoms with Gasteiger partial charge in [-0.15, -0.1) is 0 Å². The van der Waals surface area contributed by atoms with Crippen LogP contribution in [0.3, 0.4) is 0 Å². The standard InChI is InChI=1S/C22H28N2O4/c1-4-28-19-8-5-17(6-9-19)16-23-11-13-24(14-12-23)22(25)18-7-10-20(26-2)21(15-18)27-3/h5-10,15H,4,11-14,16H2,1-3H3. The van der Waals surface area contributed by atoms with Crippen molar-refractivity contribution < 1.29 is 19.0 Å². The maximum atomic E-state index is 12.8. The monoisotopic (exact) mass is 384 g/mol. The maximum Gasteiger partial charge on any atom is 0.254 e. The summed E-state index contributed by atoms with van der Waals surface area (Å²) in [7, 11) is 3.16. The second-order valence-electron chi connectivity index (χ2n) is 6.72. The van der Waals surface area contributed by atoms with E-state index in [0.717, 1.165) is 25.4 Å². The smallest absolute Gasteiger partial charge is 0.254 e. The van der Waals surface area contributed by atoms with Crippen LogP contribution in [-0.4, -0.2) is 62.7 Å². The number of amides is 1. The lowest BCUT2D eigenvalue weighted by Crippen LogP contribution is -2.48. The molecule has 28 heavy (non-hydrogen) atoms. The van der Waals surface area contributed by atoms with E-state index < -0.39 is 0 Å². The summed E-state index contributed by atoms with van der Waals surface area (Å²) >= 11 is 0. The average Bonchev–Trinajstić information content (AvgIpc) is 2.75. The fraction of sp³-hybridized carbons (Fsp3) is 0.409. The zero-order valence-electron chi connectivity index (χ0n) is 16.8. The lowest BCUT2D eigenvalue weighted by molar-refractivity contribution is 0.0628. The van der Waals surface area contributed by atoms with E-state index in [1.165, 1.54) is 5.56 Å². The minimum absolute atomic E-state index is 0.0293. The highest BCUT2D eigenvalue weighted by molar-refractivity contribution is 5.95. The molecule has 2 aromatic rings. The van der Waals surface area contributed by atoms with Gasteiger partial charge < -0.3 is 19.1 Å². The molecule has 0 radical (unpaired) electrons. The van der Waals surface area contributed by atoms with Gasteiger partial charge in [-0.05, 0) is 42.8 Å². The summed E-state index contributed by atoms with van der Waals surface area (Å²) in [6.07, 6.45) is 0. The molecule has 2 aromatic carbocycles. The van der Waals surface area contributed by atoms with Crippen molar-refractivity contribution >= 4 is 5.91 Å². The van der Waals surface area contributed by atoms with Crippen LogP contribution in [0.2, 0.25) is 0 Å². The molecule has 0 N–H and O–H groups in total. The molecule has 0 unspecified atom stereocenters. The lowest BCUT2D eigenvalue weighted by atomic mass is 10.1. The van der Waals surface area contributed by atoms with E-state index in [9.17, 15) is 4.79 Å². The molecule has 0 aromatic heterocycles. The molecule has 1 aliphatic rings. The molecular weight excluding hydrogens is 356 g/mol. The number of ether oxygens (including phenoxy) is 3. The highest BCUT2D eigenvalue weighted by atomic mass is 16.5. The Balaban J connectivity index is 1.55. The summed E-state index contributed by atoms with van der Waals surface area (Å²) in [5.41, 5.74) is 1.88. The van der Waals surface area contributed by atoms with Crippen molar-refractivity contribution in [1.82, 2.24) is 9.80 Å². The van der Waals surface area contributed by atoms with E-state index in [2.05, 4.69) is 17.0 Å². The molecule has 1 heterocycles. The van der Waals surface area contributed by atoms with Crippen molar-refractivity contribution in [3.8, 4) is 17.2 Å². The van der Waals surface area contributed by atoms with Crippen LogP contribution >= 0.6 is 0 Å². The van der Waals surface area contributed by atoms with Crippen LogP contribution in [0.15, 0.2) is 42.5 Å². The number of benzene rings is 2. The Morgan fingerprint density at radius 1 is 0.929 bits per heavy atom. The second kappa shape index (κ2) is 9.46. The SMILES string of the molecule is CCOc1ccc(CN2CCN(C(=O)c3ccc(OC)c(OC)c3)CC2)cc1. The van der Waals surface area contributed by atoms with Gasteiger partial charge in [-0.25, -0.2) is 0 Å². The van der Waals surface area contributed by atoms with Crippen molar-refractivity contribution in [2.75, 3.05) is 47.0 Å². The molecule has 3 rings (SSSR count).